The monoisotopic (exact) mass is 354 g/mol. The van der Waals surface area contributed by atoms with Crippen molar-refractivity contribution in [3.63, 3.8) is 0 Å². The fourth-order valence-electron chi connectivity index (χ4n) is 2.98. The molecule has 0 aliphatic rings. The van der Waals surface area contributed by atoms with Crippen LogP contribution in [0.4, 0.5) is 0 Å². The van der Waals surface area contributed by atoms with Crippen molar-refractivity contribution in [2.75, 3.05) is 21.1 Å². The molecule has 2 N–H and O–H groups in total. The van der Waals surface area contributed by atoms with Crippen LogP contribution in [0.1, 0.15) is 42.9 Å². The molecule has 0 unspecified atom stereocenters. The van der Waals surface area contributed by atoms with E-state index >= 15 is 0 Å². The number of amides is 1. The van der Waals surface area contributed by atoms with Crippen LogP contribution in [-0.4, -0.2) is 37.1 Å². The number of hydrogen-bond acceptors (Lipinski definition) is 3. The smallest absolute Gasteiger partial charge is 0.219 e. The molecule has 4 nitrogen and oxygen atoms in total. The lowest BCUT2D eigenvalue weighted by molar-refractivity contribution is -0.120. The zero-order chi connectivity index (χ0) is 18.9. The van der Waals surface area contributed by atoms with Gasteiger partial charge >= 0.3 is 0 Å². The second kappa shape index (κ2) is 10.1. The summed E-state index contributed by atoms with van der Waals surface area (Å²) in [6, 6.07) is 16.7. The highest BCUT2D eigenvalue weighted by atomic mass is 16.3. The number of aliphatic hydroxyl groups excluding tert-OH is 1. The number of carbonyl (C=O) groups excluding carboxylic acids is 1. The quantitative estimate of drug-likeness (QED) is 0.674. The van der Waals surface area contributed by atoms with Gasteiger partial charge in [-0.2, -0.15) is 0 Å². The Morgan fingerprint density at radius 2 is 1.58 bits per heavy atom. The van der Waals surface area contributed by atoms with Crippen molar-refractivity contribution in [2.45, 2.75) is 38.3 Å². The van der Waals surface area contributed by atoms with Gasteiger partial charge in [0.2, 0.25) is 5.91 Å². The molecule has 0 heterocycles. The lowest BCUT2D eigenvalue weighted by Crippen LogP contribution is -2.16. The van der Waals surface area contributed by atoms with Crippen molar-refractivity contribution >= 4 is 5.91 Å². The van der Waals surface area contributed by atoms with Crippen molar-refractivity contribution in [3.8, 4) is 11.1 Å². The van der Waals surface area contributed by atoms with Gasteiger partial charge in [0.15, 0.2) is 0 Å². The van der Waals surface area contributed by atoms with Crippen LogP contribution in [0.2, 0.25) is 0 Å². The Kier molecular flexibility index (Phi) is 7.82. The molecular weight excluding hydrogens is 324 g/mol. The molecule has 2 aromatic carbocycles. The highest BCUT2D eigenvalue weighted by molar-refractivity contribution is 5.75. The van der Waals surface area contributed by atoms with Crippen molar-refractivity contribution in [1.82, 2.24) is 10.2 Å². The fourth-order valence-corrected chi connectivity index (χ4v) is 2.98. The standard InChI is InChI=1S/C22H30N2O2/c1-23-22(26)7-5-4-6-21(25)20-14-12-19(13-15-20)18-10-8-17(9-11-18)16-24(2)3/h8-15,21,25H,4-7,16H2,1-3H3,(H,23,26)/t21-/m0/s1. The first kappa shape index (κ1) is 20.1. The minimum Gasteiger partial charge on any atom is -0.388 e. The zero-order valence-corrected chi connectivity index (χ0v) is 16.0. The Labute approximate surface area is 156 Å². The van der Waals surface area contributed by atoms with E-state index in [4.69, 9.17) is 0 Å². The second-order valence-electron chi connectivity index (χ2n) is 6.99. The number of nitrogens with one attached hydrogen (secondary N) is 1. The van der Waals surface area contributed by atoms with Crippen molar-refractivity contribution in [1.29, 1.82) is 0 Å². The second-order valence-corrected chi connectivity index (χ2v) is 6.99. The van der Waals surface area contributed by atoms with Gasteiger partial charge in [0.05, 0.1) is 6.10 Å². The Bertz CT molecular complexity index is 678. The SMILES string of the molecule is CNC(=O)CCCC[C@H](O)c1ccc(-c2ccc(CN(C)C)cc2)cc1. The molecule has 1 amide bonds. The third-order valence-electron chi connectivity index (χ3n) is 4.49. The van der Waals surface area contributed by atoms with Crippen LogP contribution in [0, 0.1) is 0 Å². The maximum Gasteiger partial charge on any atom is 0.219 e. The molecule has 140 valence electrons. The van der Waals surface area contributed by atoms with E-state index in [0.29, 0.717) is 12.8 Å². The minimum atomic E-state index is -0.476. The Morgan fingerprint density at radius 1 is 1.00 bits per heavy atom. The molecule has 0 aliphatic heterocycles. The van der Waals surface area contributed by atoms with E-state index in [0.717, 1.165) is 30.5 Å². The summed E-state index contributed by atoms with van der Waals surface area (Å²) in [6.07, 6.45) is 2.36. The number of rotatable bonds is 9. The molecular formula is C22H30N2O2. The van der Waals surface area contributed by atoms with Crippen molar-refractivity contribution in [3.05, 3.63) is 59.7 Å². The third kappa shape index (κ3) is 6.28. The lowest BCUT2D eigenvalue weighted by Gasteiger charge is -2.12. The third-order valence-corrected chi connectivity index (χ3v) is 4.49. The molecule has 0 aliphatic carbocycles. The van der Waals surface area contributed by atoms with Gasteiger partial charge in [0.25, 0.3) is 0 Å². The summed E-state index contributed by atoms with van der Waals surface area (Å²) in [7, 11) is 5.78. The molecule has 0 fully saturated rings. The Hall–Kier alpha value is -2.17. The van der Waals surface area contributed by atoms with E-state index in [1.165, 1.54) is 11.1 Å². The molecule has 0 spiro atoms. The number of carbonyl (C=O) groups is 1. The molecule has 1 atom stereocenters. The van der Waals surface area contributed by atoms with E-state index in [9.17, 15) is 9.90 Å². The highest BCUT2D eigenvalue weighted by Crippen LogP contribution is 2.25. The van der Waals surface area contributed by atoms with Crippen LogP contribution in [0.3, 0.4) is 0 Å². The van der Waals surface area contributed by atoms with E-state index < -0.39 is 6.10 Å². The summed E-state index contributed by atoms with van der Waals surface area (Å²) in [6.45, 7) is 0.936. The summed E-state index contributed by atoms with van der Waals surface area (Å²) in [5, 5.41) is 12.9. The van der Waals surface area contributed by atoms with Gasteiger partial charge < -0.3 is 15.3 Å². The van der Waals surface area contributed by atoms with E-state index in [-0.39, 0.29) is 5.91 Å². The highest BCUT2D eigenvalue weighted by Gasteiger charge is 2.08. The first-order valence-corrected chi connectivity index (χ1v) is 9.22. The molecule has 2 aromatic rings. The molecule has 4 heteroatoms. The molecule has 2 rings (SSSR count). The van der Waals surface area contributed by atoms with E-state index in [1.54, 1.807) is 7.05 Å². The molecule has 26 heavy (non-hydrogen) atoms. The lowest BCUT2D eigenvalue weighted by atomic mass is 9.98. The van der Waals surface area contributed by atoms with Gasteiger partial charge in [-0.25, -0.2) is 0 Å². The molecule has 0 radical (unpaired) electrons. The Balaban J connectivity index is 1.89. The summed E-state index contributed by atoms with van der Waals surface area (Å²) in [4.78, 5) is 13.3. The van der Waals surface area contributed by atoms with E-state index in [1.807, 2.05) is 12.1 Å². The summed E-state index contributed by atoms with van der Waals surface area (Å²) >= 11 is 0. The van der Waals surface area contributed by atoms with Crippen LogP contribution in [-0.2, 0) is 11.3 Å². The fraction of sp³-hybridized carbons (Fsp3) is 0.409. The first-order chi connectivity index (χ1) is 12.5. The van der Waals surface area contributed by atoms with Crippen molar-refractivity contribution < 1.29 is 9.90 Å². The number of aliphatic hydroxyl groups is 1. The number of unbranched alkanes of at least 4 members (excludes halogenated alkanes) is 1. The van der Waals surface area contributed by atoms with Crippen LogP contribution < -0.4 is 5.32 Å². The van der Waals surface area contributed by atoms with Crippen LogP contribution in [0.5, 0.6) is 0 Å². The van der Waals surface area contributed by atoms with Gasteiger partial charge in [0.1, 0.15) is 0 Å². The zero-order valence-electron chi connectivity index (χ0n) is 16.0. The predicted molar refractivity (Wildman–Crippen MR) is 107 cm³/mol. The largest absolute Gasteiger partial charge is 0.388 e. The van der Waals surface area contributed by atoms with Crippen LogP contribution >= 0.6 is 0 Å². The summed E-state index contributed by atoms with van der Waals surface area (Å²) in [5.41, 5.74) is 4.55. The molecule has 0 bridgehead atoms. The first-order valence-electron chi connectivity index (χ1n) is 9.22. The van der Waals surface area contributed by atoms with E-state index in [2.05, 4.69) is 60.7 Å². The van der Waals surface area contributed by atoms with Crippen LogP contribution in [0.25, 0.3) is 11.1 Å². The summed E-state index contributed by atoms with van der Waals surface area (Å²) < 4.78 is 0. The topological polar surface area (TPSA) is 52.6 Å². The van der Waals surface area contributed by atoms with Gasteiger partial charge in [-0.15, -0.1) is 0 Å². The maximum absolute atomic E-state index is 11.2. The average molecular weight is 354 g/mol. The maximum atomic E-state index is 11.2. The van der Waals surface area contributed by atoms with Gasteiger partial charge in [-0.1, -0.05) is 55.0 Å². The normalized spacial score (nSPS) is 12.2. The molecule has 0 saturated heterocycles. The average Bonchev–Trinajstić information content (AvgIpc) is 2.65. The minimum absolute atomic E-state index is 0.0560. The Morgan fingerprint density at radius 3 is 2.12 bits per heavy atom. The summed E-state index contributed by atoms with van der Waals surface area (Å²) in [5.74, 6) is 0.0560. The van der Waals surface area contributed by atoms with Crippen molar-refractivity contribution in [2.24, 2.45) is 0 Å². The molecule has 0 aromatic heterocycles. The van der Waals surface area contributed by atoms with Gasteiger partial charge in [0, 0.05) is 20.0 Å². The molecule has 0 saturated carbocycles. The number of benzene rings is 2. The number of hydrogen-bond donors (Lipinski definition) is 2. The predicted octanol–water partition coefficient (Wildman–Crippen LogP) is 3.76. The van der Waals surface area contributed by atoms with Gasteiger partial charge in [-0.05, 0) is 49.2 Å². The van der Waals surface area contributed by atoms with Gasteiger partial charge in [-0.3, -0.25) is 4.79 Å². The van der Waals surface area contributed by atoms with Crippen LogP contribution in [0.15, 0.2) is 48.5 Å². The number of nitrogens with zero attached hydrogens (tertiary/aromatic N) is 1.